The third-order valence-corrected chi connectivity index (χ3v) is 4.12. The third-order valence-electron chi connectivity index (χ3n) is 4.12. The van der Waals surface area contributed by atoms with Crippen molar-refractivity contribution in [3.8, 4) is 0 Å². The van der Waals surface area contributed by atoms with E-state index in [0.717, 1.165) is 22.2 Å². The summed E-state index contributed by atoms with van der Waals surface area (Å²) in [5.41, 5.74) is 4.36. The molecule has 0 fully saturated rings. The van der Waals surface area contributed by atoms with Crippen molar-refractivity contribution in [3.63, 3.8) is 0 Å². The second-order valence-corrected chi connectivity index (χ2v) is 6.28. The highest BCUT2D eigenvalue weighted by molar-refractivity contribution is 5.99. The molecule has 6 heteroatoms. The van der Waals surface area contributed by atoms with Crippen LogP contribution < -0.4 is 10.6 Å². The number of carbonyl (C=O) groups excluding carboxylic acids is 2. The minimum atomic E-state index is -0.312. The largest absolute Gasteiger partial charge is 0.343 e. The average molecular weight is 350 g/mol. The third kappa shape index (κ3) is 3.74. The zero-order valence-electron chi connectivity index (χ0n) is 15.2. The fraction of sp³-hybridized carbons (Fsp3) is 0.250. The molecule has 1 aromatic heterocycles. The number of fused-ring (bicyclic) bond motifs is 1. The molecule has 0 saturated heterocycles. The van der Waals surface area contributed by atoms with Crippen molar-refractivity contribution in [2.75, 3.05) is 11.9 Å². The summed E-state index contributed by atoms with van der Waals surface area (Å²) in [7, 11) is 0. The molecule has 3 rings (SSSR count). The van der Waals surface area contributed by atoms with Crippen molar-refractivity contribution in [2.45, 2.75) is 27.3 Å². The Morgan fingerprint density at radius 3 is 2.46 bits per heavy atom. The lowest BCUT2D eigenvalue weighted by atomic mass is 10.1. The van der Waals surface area contributed by atoms with Crippen LogP contribution in [-0.2, 0) is 11.3 Å². The Morgan fingerprint density at radius 1 is 1.08 bits per heavy atom. The number of rotatable bonds is 5. The Hall–Kier alpha value is -3.15. The van der Waals surface area contributed by atoms with Gasteiger partial charge in [-0.1, -0.05) is 29.3 Å². The van der Waals surface area contributed by atoms with E-state index in [4.69, 9.17) is 0 Å². The molecule has 1 heterocycles. The normalized spacial score (nSPS) is 10.7. The van der Waals surface area contributed by atoms with Crippen LogP contribution in [0, 0.1) is 13.8 Å². The lowest BCUT2D eigenvalue weighted by molar-refractivity contribution is -0.115. The molecule has 134 valence electrons. The van der Waals surface area contributed by atoms with Gasteiger partial charge in [0, 0.05) is 12.1 Å². The first-order valence-electron chi connectivity index (χ1n) is 8.59. The van der Waals surface area contributed by atoms with Gasteiger partial charge in [-0.3, -0.25) is 14.9 Å². The summed E-state index contributed by atoms with van der Waals surface area (Å²) >= 11 is 0. The number of benzene rings is 2. The Morgan fingerprint density at radius 2 is 1.77 bits per heavy atom. The van der Waals surface area contributed by atoms with Gasteiger partial charge in [0.15, 0.2) is 0 Å². The standard InChI is InChI=1S/C20H22N4O2/c1-4-24-17-8-6-5-7-16(17)22-20(24)23-18(25)12-21-19(26)15-10-13(2)9-14(3)11-15/h5-11H,4,12H2,1-3H3,(H,21,26)(H,22,23,25). The number of nitrogens with zero attached hydrogens (tertiary/aromatic N) is 2. The second-order valence-electron chi connectivity index (χ2n) is 6.28. The molecule has 0 aliphatic carbocycles. The molecule has 2 amide bonds. The fourth-order valence-electron chi connectivity index (χ4n) is 3.03. The number of para-hydroxylation sites is 2. The molecule has 0 atom stereocenters. The highest BCUT2D eigenvalue weighted by Gasteiger charge is 2.13. The van der Waals surface area contributed by atoms with Crippen LogP contribution in [0.4, 0.5) is 5.95 Å². The zero-order valence-corrected chi connectivity index (χ0v) is 15.2. The lowest BCUT2D eigenvalue weighted by Gasteiger charge is -2.09. The number of aryl methyl sites for hydroxylation is 3. The lowest BCUT2D eigenvalue weighted by Crippen LogP contribution is -2.33. The molecule has 6 nitrogen and oxygen atoms in total. The molecule has 0 spiro atoms. The first kappa shape index (κ1) is 17.7. The van der Waals surface area contributed by atoms with Crippen LogP contribution in [0.5, 0.6) is 0 Å². The molecule has 0 saturated carbocycles. The molecule has 0 aliphatic heterocycles. The first-order chi connectivity index (χ1) is 12.5. The maximum absolute atomic E-state index is 12.3. The minimum Gasteiger partial charge on any atom is -0.343 e. The van der Waals surface area contributed by atoms with Gasteiger partial charge in [-0.15, -0.1) is 0 Å². The van der Waals surface area contributed by atoms with Gasteiger partial charge in [0.05, 0.1) is 17.6 Å². The van der Waals surface area contributed by atoms with E-state index in [1.165, 1.54) is 0 Å². The van der Waals surface area contributed by atoms with Crippen LogP contribution in [0.3, 0.4) is 0 Å². The summed E-state index contributed by atoms with van der Waals surface area (Å²) in [5.74, 6) is -0.0944. The van der Waals surface area contributed by atoms with Gasteiger partial charge < -0.3 is 9.88 Å². The quantitative estimate of drug-likeness (QED) is 0.742. The number of anilines is 1. The van der Waals surface area contributed by atoms with Gasteiger partial charge in [0.1, 0.15) is 0 Å². The number of amides is 2. The minimum absolute atomic E-state index is 0.112. The number of aromatic nitrogens is 2. The first-order valence-corrected chi connectivity index (χ1v) is 8.59. The number of carbonyl (C=O) groups is 2. The highest BCUT2D eigenvalue weighted by atomic mass is 16.2. The number of hydrogen-bond acceptors (Lipinski definition) is 3. The van der Waals surface area contributed by atoms with Crippen LogP contribution in [0.25, 0.3) is 11.0 Å². The van der Waals surface area contributed by atoms with Crippen LogP contribution in [0.15, 0.2) is 42.5 Å². The van der Waals surface area contributed by atoms with Crippen molar-refractivity contribution in [3.05, 3.63) is 59.2 Å². The number of imidazole rings is 1. The average Bonchev–Trinajstić information content (AvgIpc) is 2.95. The van der Waals surface area contributed by atoms with E-state index in [2.05, 4.69) is 15.6 Å². The second kappa shape index (κ2) is 7.39. The molecular weight excluding hydrogens is 328 g/mol. The van der Waals surface area contributed by atoms with Crippen LogP contribution in [-0.4, -0.2) is 27.9 Å². The summed E-state index contributed by atoms with van der Waals surface area (Å²) in [6.45, 7) is 6.44. The highest BCUT2D eigenvalue weighted by Crippen LogP contribution is 2.19. The van der Waals surface area contributed by atoms with Crippen LogP contribution >= 0.6 is 0 Å². The predicted octanol–water partition coefficient (Wildman–Crippen LogP) is 3.04. The Balaban J connectivity index is 1.67. The fourth-order valence-corrected chi connectivity index (χ4v) is 3.03. The molecule has 2 N–H and O–H groups in total. The summed E-state index contributed by atoms with van der Waals surface area (Å²) < 4.78 is 1.93. The van der Waals surface area contributed by atoms with E-state index in [-0.39, 0.29) is 18.4 Å². The molecule has 0 aliphatic rings. The van der Waals surface area contributed by atoms with Crippen LogP contribution in [0.1, 0.15) is 28.4 Å². The molecule has 0 bridgehead atoms. The Kier molecular flexibility index (Phi) is 5.02. The summed E-state index contributed by atoms with van der Waals surface area (Å²) in [4.78, 5) is 29.0. The molecule has 26 heavy (non-hydrogen) atoms. The SMILES string of the molecule is CCn1c(NC(=O)CNC(=O)c2cc(C)cc(C)c2)nc2ccccc21. The Bertz CT molecular complexity index is 955. The Labute approximate surface area is 152 Å². The van der Waals surface area contributed by atoms with Gasteiger partial charge in [-0.05, 0) is 45.0 Å². The molecule has 0 radical (unpaired) electrons. The van der Waals surface area contributed by atoms with Crippen LogP contribution in [0.2, 0.25) is 0 Å². The molecule has 3 aromatic rings. The zero-order chi connectivity index (χ0) is 18.7. The molecule has 0 unspecified atom stereocenters. The van der Waals surface area contributed by atoms with E-state index in [9.17, 15) is 9.59 Å². The number of nitrogens with one attached hydrogen (secondary N) is 2. The van der Waals surface area contributed by atoms with E-state index in [1.54, 1.807) is 12.1 Å². The predicted molar refractivity (Wildman–Crippen MR) is 102 cm³/mol. The smallest absolute Gasteiger partial charge is 0.251 e. The van der Waals surface area contributed by atoms with E-state index < -0.39 is 0 Å². The van der Waals surface area contributed by atoms with Gasteiger partial charge in [0.2, 0.25) is 11.9 Å². The summed E-state index contributed by atoms with van der Waals surface area (Å²) in [6.07, 6.45) is 0. The topological polar surface area (TPSA) is 76.0 Å². The van der Waals surface area contributed by atoms with E-state index >= 15 is 0 Å². The van der Waals surface area contributed by atoms with Gasteiger partial charge >= 0.3 is 0 Å². The van der Waals surface area contributed by atoms with Gasteiger partial charge in [-0.2, -0.15) is 0 Å². The van der Waals surface area contributed by atoms with Gasteiger partial charge in [0.25, 0.3) is 5.91 Å². The summed E-state index contributed by atoms with van der Waals surface area (Å²) in [5, 5.41) is 5.44. The monoisotopic (exact) mass is 350 g/mol. The van der Waals surface area contributed by atoms with E-state index in [0.29, 0.717) is 18.1 Å². The summed E-state index contributed by atoms with van der Waals surface area (Å²) in [6, 6.07) is 13.3. The maximum Gasteiger partial charge on any atom is 0.251 e. The van der Waals surface area contributed by atoms with Crippen molar-refractivity contribution >= 4 is 28.8 Å². The van der Waals surface area contributed by atoms with Crippen molar-refractivity contribution < 1.29 is 9.59 Å². The van der Waals surface area contributed by atoms with E-state index in [1.807, 2.05) is 55.7 Å². The molecule has 2 aromatic carbocycles. The maximum atomic E-state index is 12.3. The van der Waals surface area contributed by atoms with Crippen molar-refractivity contribution in [2.24, 2.45) is 0 Å². The molecular formula is C20H22N4O2. The number of hydrogen-bond donors (Lipinski definition) is 2. The van der Waals surface area contributed by atoms with Gasteiger partial charge in [-0.25, -0.2) is 4.98 Å². The van der Waals surface area contributed by atoms with Crippen molar-refractivity contribution in [1.29, 1.82) is 0 Å². The van der Waals surface area contributed by atoms with Crippen molar-refractivity contribution in [1.82, 2.24) is 14.9 Å².